The summed E-state index contributed by atoms with van der Waals surface area (Å²) >= 11 is 3.55. The Balaban J connectivity index is 1.50. The van der Waals surface area contributed by atoms with Gasteiger partial charge in [0.1, 0.15) is 11.4 Å². The third-order valence-corrected chi connectivity index (χ3v) is 7.62. The van der Waals surface area contributed by atoms with E-state index in [9.17, 15) is 9.59 Å². The van der Waals surface area contributed by atoms with Gasteiger partial charge in [0.15, 0.2) is 0 Å². The maximum Gasteiger partial charge on any atom is 0.267 e. The number of pyridine rings is 1. The number of methoxy groups -OCH3 is 1. The fourth-order valence-electron chi connectivity index (χ4n) is 5.40. The van der Waals surface area contributed by atoms with Gasteiger partial charge >= 0.3 is 0 Å². The molecule has 1 aliphatic heterocycles. The summed E-state index contributed by atoms with van der Waals surface area (Å²) in [6, 6.07) is 17.7. The van der Waals surface area contributed by atoms with E-state index < -0.39 is 5.91 Å². The molecular weight excluding hydrogens is 518 g/mol. The SMILES string of the molecule is COc1ccc2c(c1)C(=O)N(c1cccc(-c3cnc(C(N)=O)c4c3-c3ccc(Br)cc3C4)c1C)C2. The Morgan fingerprint density at radius 1 is 1.03 bits per heavy atom. The number of halogens is 1. The summed E-state index contributed by atoms with van der Waals surface area (Å²) < 4.78 is 6.30. The van der Waals surface area contributed by atoms with Crippen molar-refractivity contribution in [3.05, 3.63) is 98.8 Å². The van der Waals surface area contributed by atoms with Gasteiger partial charge < -0.3 is 15.4 Å². The van der Waals surface area contributed by atoms with Crippen LogP contribution in [-0.4, -0.2) is 23.9 Å². The number of carbonyl (C=O) groups is 2. The van der Waals surface area contributed by atoms with Gasteiger partial charge in [-0.15, -0.1) is 0 Å². The molecule has 0 saturated heterocycles. The van der Waals surface area contributed by atoms with Crippen molar-refractivity contribution in [2.24, 2.45) is 5.73 Å². The van der Waals surface area contributed by atoms with Crippen molar-refractivity contribution in [3.8, 4) is 28.0 Å². The second-order valence-electron chi connectivity index (χ2n) is 9.08. The van der Waals surface area contributed by atoms with Crippen molar-refractivity contribution in [3.63, 3.8) is 0 Å². The topological polar surface area (TPSA) is 85.5 Å². The van der Waals surface area contributed by atoms with Crippen molar-refractivity contribution >= 4 is 33.4 Å². The number of primary amides is 1. The summed E-state index contributed by atoms with van der Waals surface area (Å²) in [5.74, 6) is 0.0775. The molecule has 0 bridgehead atoms. The summed E-state index contributed by atoms with van der Waals surface area (Å²) in [5, 5.41) is 0. The minimum atomic E-state index is -0.536. The third-order valence-electron chi connectivity index (χ3n) is 7.12. The Kier molecular flexibility index (Phi) is 5.19. The molecule has 4 aromatic rings. The van der Waals surface area contributed by atoms with E-state index in [0.29, 0.717) is 30.0 Å². The fraction of sp³-hybridized carbons (Fsp3) is 0.138. The number of aromatic nitrogens is 1. The van der Waals surface area contributed by atoms with E-state index in [2.05, 4.69) is 33.0 Å². The first-order chi connectivity index (χ1) is 17.4. The van der Waals surface area contributed by atoms with Gasteiger partial charge in [0.25, 0.3) is 11.8 Å². The first kappa shape index (κ1) is 22.5. The number of fused-ring (bicyclic) bond motifs is 4. The van der Waals surface area contributed by atoms with Gasteiger partial charge in [-0.25, -0.2) is 0 Å². The summed E-state index contributed by atoms with van der Waals surface area (Å²) in [6.07, 6.45) is 2.32. The normalized spacial score (nSPS) is 13.4. The predicted molar refractivity (Wildman–Crippen MR) is 142 cm³/mol. The van der Waals surface area contributed by atoms with E-state index in [4.69, 9.17) is 10.5 Å². The van der Waals surface area contributed by atoms with E-state index in [1.165, 1.54) is 0 Å². The Morgan fingerprint density at radius 2 is 1.86 bits per heavy atom. The Bertz CT molecular complexity index is 1610. The lowest BCUT2D eigenvalue weighted by Crippen LogP contribution is -2.24. The van der Waals surface area contributed by atoms with Crippen LogP contribution in [0.3, 0.4) is 0 Å². The Morgan fingerprint density at radius 3 is 2.64 bits per heavy atom. The largest absolute Gasteiger partial charge is 0.497 e. The number of hydrogen-bond acceptors (Lipinski definition) is 4. The summed E-state index contributed by atoms with van der Waals surface area (Å²) in [5.41, 5.74) is 15.3. The molecule has 0 radical (unpaired) electrons. The van der Waals surface area contributed by atoms with Crippen LogP contribution in [0.2, 0.25) is 0 Å². The number of rotatable bonds is 4. The number of carbonyl (C=O) groups excluding carboxylic acids is 2. The number of ether oxygens (including phenoxy) is 1. The summed E-state index contributed by atoms with van der Waals surface area (Å²) in [7, 11) is 1.60. The number of amides is 2. The summed E-state index contributed by atoms with van der Waals surface area (Å²) in [6.45, 7) is 2.52. The molecule has 0 unspecified atom stereocenters. The van der Waals surface area contributed by atoms with Gasteiger partial charge in [-0.05, 0) is 76.2 Å². The number of nitrogens with two attached hydrogens (primary N) is 1. The highest BCUT2D eigenvalue weighted by molar-refractivity contribution is 9.10. The van der Waals surface area contributed by atoms with Crippen LogP contribution in [0.1, 0.15) is 43.1 Å². The molecule has 0 fully saturated rings. The summed E-state index contributed by atoms with van der Waals surface area (Å²) in [4.78, 5) is 31.9. The van der Waals surface area contributed by atoms with Crippen molar-refractivity contribution in [2.75, 3.05) is 12.0 Å². The van der Waals surface area contributed by atoms with Crippen molar-refractivity contribution < 1.29 is 14.3 Å². The smallest absolute Gasteiger partial charge is 0.267 e. The first-order valence-corrected chi connectivity index (χ1v) is 12.4. The zero-order valence-electron chi connectivity index (χ0n) is 19.8. The lowest BCUT2D eigenvalue weighted by Gasteiger charge is -2.21. The molecule has 2 aliphatic rings. The Labute approximate surface area is 216 Å². The zero-order valence-corrected chi connectivity index (χ0v) is 21.3. The van der Waals surface area contributed by atoms with Crippen molar-refractivity contribution in [1.29, 1.82) is 0 Å². The quantitative estimate of drug-likeness (QED) is 0.319. The van der Waals surface area contributed by atoms with Crippen LogP contribution < -0.4 is 15.4 Å². The molecule has 1 aromatic heterocycles. The van der Waals surface area contributed by atoms with Crippen molar-refractivity contribution in [1.82, 2.24) is 4.98 Å². The van der Waals surface area contributed by atoms with Crippen LogP contribution >= 0.6 is 15.9 Å². The van der Waals surface area contributed by atoms with E-state index in [1.807, 2.05) is 43.3 Å². The van der Waals surface area contributed by atoms with Gasteiger partial charge in [-0.2, -0.15) is 0 Å². The highest BCUT2D eigenvalue weighted by atomic mass is 79.9. The standard InChI is InChI=1S/C29H22BrN3O3/c1-15-20(4-3-5-25(15)33-14-16-6-8-19(36-2)12-22(16)29(33)35)24-13-32-27(28(31)34)23-11-17-10-18(30)7-9-21(17)26(23)24/h3-10,12-13H,11,14H2,1-2H3,(H2,31,34). The van der Waals surface area contributed by atoms with E-state index in [-0.39, 0.29) is 5.91 Å². The van der Waals surface area contributed by atoms with E-state index in [1.54, 1.807) is 24.3 Å². The molecule has 0 saturated carbocycles. The molecular formula is C29H22BrN3O3. The fourth-order valence-corrected chi connectivity index (χ4v) is 5.81. The van der Waals surface area contributed by atoms with Crippen LogP contribution in [0.15, 0.2) is 65.3 Å². The lowest BCUT2D eigenvalue weighted by atomic mass is 9.91. The highest BCUT2D eigenvalue weighted by Crippen LogP contribution is 2.46. The van der Waals surface area contributed by atoms with Crippen LogP contribution in [0.25, 0.3) is 22.3 Å². The number of nitrogens with zero attached hydrogens (tertiary/aromatic N) is 2. The van der Waals surface area contributed by atoms with Crippen LogP contribution in [0.4, 0.5) is 5.69 Å². The predicted octanol–water partition coefficient (Wildman–Crippen LogP) is 5.66. The maximum atomic E-state index is 13.4. The average molecular weight is 540 g/mol. The van der Waals surface area contributed by atoms with E-state index in [0.717, 1.165) is 54.7 Å². The van der Waals surface area contributed by atoms with Gasteiger partial charge in [-0.1, -0.05) is 40.2 Å². The third kappa shape index (κ3) is 3.34. The molecule has 2 heterocycles. The van der Waals surface area contributed by atoms with Crippen LogP contribution in [0, 0.1) is 6.92 Å². The molecule has 0 atom stereocenters. The first-order valence-electron chi connectivity index (χ1n) is 11.6. The second-order valence-corrected chi connectivity index (χ2v) is 10.00. The average Bonchev–Trinajstić information content (AvgIpc) is 3.40. The van der Waals surface area contributed by atoms with Crippen LogP contribution in [-0.2, 0) is 13.0 Å². The van der Waals surface area contributed by atoms with Crippen molar-refractivity contribution in [2.45, 2.75) is 19.9 Å². The van der Waals surface area contributed by atoms with Gasteiger partial charge in [0.05, 0.1) is 13.7 Å². The molecule has 0 spiro atoms. The zero-order chi connectivity index (χ0) is 25.1. The minimum absolute atomic E-state index is 0.0493. The van der Waals surface area contributed by atoms with E-state index >= 15 is 0 Å². The highest BCUT2D eigenvalue weighted by Gasteiger charge is 2.32. The number of hydrogen-bond donors (Lipinski definition) is 1. The molecule has 36 heavy (non-hydrogen) atoms. The molecule has 1 aliphatic carbocycles. The maximum absolute atomic E-state index is 13.4. The molecule has 2 N–H and O–H groups in total. The lowest BCUT2D eigenvalue weighted by molar-refractivity contribution is 0.0987. The van der Waals surface area contributed by atoms with Gasteiger partial charge in [0, 0.05) is 33.9 Å². The minimum Gasteiger partial charge on any atom is -0.497 e. The van der Waals surface area contributed by atoms with Gasteiger partial charge in [0.2, 0.25) is 0 Å². The molecule has 6 rings (SSSR count). The van der Waals surface area contributed by atoms with Gasteiger partial charge in [-0.3, -0.25) is 14.6 Å². The number of benzene rings is 3. The molecule has 3 aromatic carbocycles. The monoisotopic (exact) mass is 539 g/mol. The number of anilines is 1. The second kappa shape index (κ2) is 8.31. The Hall–Kier alpha value is -3.97. The molecule has 7 heteroatoms. The van der Waals surface area contributed by atoms with Crippen LogP contribution in [0.5, 0.6) is 5.75 Å². The molecule has 2 amide bonds. The molecule has 178 valence electrons. The molecule has 6 nitrogen and oxygen atoms in total.